The van der Waals surface area contributed by atoms with Crippen molar-refractivity contribution in [3.8, 4) is 10.7 Å². The van der Waals surface area contributed by atoms with Gasteiger partial charge in [-0.15, -0.1) is 11.3 Å². The summed E-state index contributed by atoms with van der Waals surface area (Å²) < 4.78 is 0.868. The highest BCUT2D eigenvalue weighted by Crippen LogP contribution is 2.35. The van der Waals surface area contributed by atoms with Gasteiger partial charge in [-0.2, -0.15) is 0 Å². The maximum Gasteiger partial charge on any atom is 0.262 e. The van der Waals surface area contributed by atoms with Gasteiger partial charge in [0.05, 0.1) is 32.8 Å². The molecule has 1 atom stereocenters. The van der Waals surface area contributed by atoms with E-state index in [0.29, 0.717) is 27.5 Å². The lowest BCUT2D eigenvalue weighted by atomic mass is 10.1. The molecule has 2 aromatic heterocycles. The number of aromatic nitrogens is 3. The molecule has 2 amide bonds. The summed E-state index contributed by atoms with van der Waals surface area (Å²) in [6, 6.07) is 6.27. The number of rotatable bonds is 3. The number of imide groups is 1. The Hall–Kier alpha value is -2.45. The second kappa shape index (κ2) is 6.12. The Labute approximate surface area is 155 Å². The van der Waals surface area contributed by atoms with Gasteiger partial charge in [0.15, 0.2) is 0 Å². The van der Waals surface area contributed by atoms with Crippen molar-refractivity contribution < 1.29 is 9.59 Å². The first kappa shape index (κ1) is 16.0. The Morgan fingerprint density at radius 1 is 1.04 bits per heavy atom. The van der Waals surface area contributed by atoms with Crippen LogP contribution in [0.15, 0.2) is 46.6 Å². The maximum absolute atomic E-state index is 12.7. The second-order valence-corrected chi connectivity index (χ2v) is 7.87. The Morgan fingerprint density at radius 2 is 1.68 bits per heavy atom. The number of halogens is 1. The van der Waals surface area contributed by atoms with Crippen LogP contribution in [0.5, 0.6) is 0 Å². The zero-order chi connectivity index (χ0) is 17.6. The van der Waals surface area contributed by atoms with Gasteiger partial charge in [0.25, 0.3) is 11.8 Å². The molecule has 0 bridgehead atoms. The number of nitrogens with zero attached hydrogens (tertiary/aromatic N) is 4. The van der Waals surface area contributed by atoms with Crippen LogP contribution in [0.4, 0.5) is 0 Å². The molecule has 25 heavy (non-hydrogen) atoms. The summed E-state index contributed by atoms with van der Waals surface area (Å²) in [4.78, 5) is 39.7. The average molecular weight is 415 g/mol. The topological polar surface area (TPSA) is 76.1 Å². The van der Waals surface area contributed by atoms with Gasteiger partial charge in [0, 0.05) is 12.4 Å². The standard InChI is InChI=1S/C17H11BrN4O2S/c1-9(22-16(23)10-4-2-3-5-11(10)17(22)24)13-14(20-7-6-19-13)15-21-8-12(18)25-15/h2-9H,1H3. The largest absolute Gasteiger partial charge is 0.269 e. The van der Waals surface area contributed by atoms with E-state index < -0.39 is 6.04 Å². The Kier molecular flexibility index (Phi) is 3.93. The molecule has 4 rings (SSSR count). The Balaban J connectivity index is 1.77. The van der Waals surface area contributed by atoms with Crippen molar-refractivity contribution in [3.05, 3.63) is 63.5 Å². The minimum Gasteiger partial charge on any atom is -0.269 e. The van der Waals surface area contributed by atoms with E-state index in [1.165, 1.54) is 16.2 Å². The molecule has 3 heterocycles. The van der Waals surface area contributed by atoms with Crippen molar-refractivity contribution in [2.24, 2.45) is 0 Å². The first-order valence-electron chi connectivity index (χ1n) is 7.47. The van der Waals surface area contributed by atoms with E-state index in [9.17, 15) is 9.59 Å². The second-order valence-electron chi connectivity index (χ2n) is 5.46. The van der Waals surface area contributed by atoms with Crippen molar-refractivity contribution in [1.82, 2.24) is 19.9 Å². The first-order valence-corrected chi connectivity index (χ1v) is 9.08. The molecule has 3 aromatic rings. The summed E-state index contributed by atoms with van der Waals surface area (Å²) in [5, 5.41) is 0.679. The van der Waals surface area contributed by atoms with Crippen molar-refractivity contribution in [2.45, 2.75) is 13.0 Å². The van der Waals surface area contributed by atoms with Crippen LogP contribution in [0.1, 0.15) is 39.4 Å². The SMILES string of the molecule is CC(c1nccnc1-c1ncc(Br)s1)N1C(=O)c2ccccc2C1=O. The third kappa shape index (κ3) is 2.58. The predicted molar refractivity (Wildman–Crippen MR) is 96.2 cm³/mol. The molecular weight excluding hydrogens is 404 g/mol. The van der Waals surface area contributed by atoms with Crippen LogP contribution in [0, 0.1) is 0 Å². The third-order valence-corrected chi connectivity index (χ3v) is 5.50. The van der Waals surface area contributed by atoms with Gasteiger partial charge in [-0.3, -0.25) is 24.5 Å². The lowest BCUT2D eigenvalue weighted by Crippen LogP contribution is -2.33. The number of amides is 2. The molecule has 0 saturated carbocycles. The van der Waals surface area contributed by atoms with Gasteiger partial charge in [-0.1, -0.05) is 12.1 Å². The fourth-order valence-electron chi connectivity index (χ4n) is 2.87. The first-order chi connectivity index (χ1) is 12.1. The minimum absolute atomic E-state index is 0.315. The van der Waals surface area contributed by atoms with E-state index in [2.05, 4.69) is 30.9 Å². The molecule has 1 aliphatic rings. The van der Waals surface area contributed by atoms with Gasteiger partial charge in [-0.05, 0) is 35.0 Å². The average Bonchev–Trinajstić information content (AvgIpc) is 3.17. The molecule has 0 aliphatic carbocycles. The van der Waals surface area contributed by atoms with E-state index in [0.717, 1.165) is 3.79 Å². The molecule has 0 saturated heterocycles. The highest BCUT2D eigenvalue weighted by molar-refractivity contribution is 9.11. The molecule has 0 N–H and O–H groups in total. The fraction of sp³-hybridized carbons (Fsp3) is 0.118. The monoisotopic (exact) mass is 414 g/mol. The number of carbonyl (C=O) groups excluding carboxylic acids is 2. The predicted octanol–water partition coefficient (Wildman–Crippen LogP) is 3.72. The smallest absolute Gasteiger partial charge is 0.262 e. The minimum atomic E-state index is -0.557. The fourth-order valence-corrected chi connectivity index (χ4v) is 4.08. The number of carbonyl (C=O) groups is 2. The number of hydrogen-bond donors (Lipinski definition) is 0. The molecule has 6 nitrogen and oxygen atoms in total. The molecular formula is C17H11BrN4O2S. The third-order valence-electron chi connectivity index (χ3n) is 4.02. The van der Waals surface area contributed by atoms with Crippen LogP contribution in [0.3, 0.4) is 0 Å². The molecule has 1 unspecified atom stereocenters. The zero-order valence-corrected chi connectivity index (χ0v) is 15.4. The highest BCUT2D eigenvalue weighted by Gasteiger charge is 2.40. The van der Waals surface area contributed by atoms with Gasteiger partial charge in [-0.25, -0.2) is 4.98 Å². The molecule has 8 heteroatoms. The van der Waals surface area contributed by atoms with Gasteiger partial charge in [0.1, 0.15) is 10.7 Å². The number of fused-ring (bicyclic) bond motifs is 1. The highest BCUT2D eigenvalue weighted by atomic mass is 79.9. The van der Waals surface area contributed by atoms with E-state index in [-0.39, 0.29) is 11.8 Å². The normalized spacial score (nSPS) is 14.7. The van der Waals surface area contributed by atoms with E-state index >= 15 is 0 Å². The summed E-state index contributed by atoms with van der Waals surface area (Å²) in [5.41, 5.74) is 1.95. The van der Waals surface area contributed by atoms with Crippen LogP contribution < -0.4 is 0 Å². The zero-order valence-electron chi connectivity index (χ0n) is 13.0. The van der Waals surface area contributed by atoms with Gasteiger partial charge >= 0.3 is 0 Å². The summed E-state index contributed by atoms with van der Waals surface area (Å²) in [5.74, 6) is -0.630. The van der Waals surface area contributed by atoms with Gasteiger partial charge < -0.3 is 0 Å². The van der Waals surface area contributed by atoms with Crippen LogP contribution >= 0.6 is 27.3 Å². The lowest BCUT2D eigenvalue weighted by Gasteiger charge is -2.23. The lowest BCUT2D eigenvalue weighted by molar-refractivity contribution is 0.0592. The number of thiazole rings is 1. The van der Waals surface area contributed by atoms with Crippen LogP contribution in [0.25, 0.3) is 10.7 Å². The van der Waals surface area contributed by atoms with Gasteiger partial charge in [0.2, 0.25) is 0 Å². The quantitative estimate of drug-likeness (QED) is 0.610. The molecule has 0 radical (unpaired) electrons. The molecule has 0 spiro atoms. The van der Waals surface area contributed by atoms with Crippen LogP contribution in [0.2, 0.25) is 0 Å². The van der Waals surface area contributed by atoms with Crippen molar-refractivity contribution >= 4 is 39.1 Å². The molecule has 124 valence electrons. The van der Waals surface area contributed by atoms with E-state index in [1.54, 1.807) is 49.8 Å². The summed E-state index contributed by atoms with van der Waals surface area (Å²) in [7, 11) is 0. The van der Waals surface area contributed by atoms with Crippen molar-refractivity contribution in [3.63, 3.8) is 0 Å². The summed E-state index contributed by atoms with van der Waals surface area (Å²) in [6.45, 7) is 1.78. The van der Waals surface area contributed by atoms with Crippen LogP contribution in [-0.4, -0.2) is 31.7 Å². The maximum atomic E-state index is 12.7. The summed E-state index contributed by atoms with van der Waals surface area (Å²) >= 11 is 4.80. The Bertz CT molecular complexity index is 969. The molecule has 1 aliphatic heterocycles. The summed E-state index contributed by atoms with van der Waals surface area (Å²) in [6.07, 6.45) is 4.81. The van der Waals surface area contributed by atoms with E-state index in [1.807, 2.05) is 0 Å². The van der Waals surface area contributed by atoms with Crippen molar-refractivity contribution in [2.75, 3.05) is 0 Å². The molecule has 0 fully saturated rings. The Morgan fingerprint density at radius 3 is 2.28 bits per heavy atom. The van der Waals surface area contributed by atoms with Crippen LogP contribution in [-0.2, 0) is 0 Å². The number of benzene rings is 1. The number of hydrogen-bond acceptors (Lipinski definition) is 6. The molecule has 1 aromatic carbocycles. The van der Waals surface area contributed by atoms with Crippen molar-refractivity contribution in [1.29, 1.82) is 0 Å². The van der Waals surface area contributed by atoms with E-state index in [4.69, 9.17) is 0 Å².